The number of likely N-dealkylation sites (tertiary alicyclic amines) is 1. The Morgan fingerprint density at radius 2 is 1.81 bits per heavy atom. The van der Waals surface area contributed by atoms with Crippen LogP contribution in [0, 0.1) is 0 Å². The van der Waals surface area contributed by atoms with Crippen molar-refractivity contribution in [1.82, 2.24) is 35.8 Å². The summed E-state index contributed by atoms with van der Waals surface area (Å²) in [5.41, 5.74) is 2.67. The molecule has 224 valence electrons. The van der Waals surface area contributed by atoms with E-state index in [9.17, 15) is 19.2 Å². The number of fused-ring (bicyclic) bond motifs is 1. The zero-order valence-corrected chi connectivity index (χ0v) is 24.7. The second kappa shape index (κ2) is 13.0. The van der Waals surface area contributed by atoms with Crippen LogP contribution in [-0.2, 0) is 39.1 Å². The van der Waals surface area contributed by atoms with Gasteiger partial charge in [0.2, 0.25) is 17.7 Å². The number of alkyl carbamates (subject to hydrolysis) is 1. The number of nitrogens with one attached hydrogen (secondary N) is 3. The molecule has 1 aliphatic rings. The maximum Gasteiger partial charge on any atom is 0.408 e. The van der Waals surface area contributed by atoms with E-state index in [-0.39, 0.29) is 31.3 Å². The molecule has 42 heavy (non-hydrogen) atoms. The fourth-order valence-electron chi connectivity index (χ4n) is 5.09. The van der Waals surface area contributed by atoms with Crippen LogP contribution in [0.25, 0.3) is 11.0 Å². The van der Waals surface area contributed by atoms with Gasteiger partial charge in [-0.2, -0.15) is 0 Å². The summed E-state index contributed by atoms with van der Waals surface area (Å²) in [7, 11) is 1.80. The molecule has 0 aliphatic carbocycles. The van der Waals surface area contributed by atoms with Gasteiger partial charge in [-0.25, -0.2) is 9.48 Å². The first-order valence-electron chi connectivity index (χ1n) is 14.1. The third kappa shape index (κ3) is 8.05. The summed E-state index contributed by atoms with van der Waals surface area (Å²) in [5, 5.41) is 16.6. The number of carbonyl (C=O) groups excluding carboxylic acids is 4. The van der Waals surface area contributed by atoms with Gasteiger partial charge in [0.05, 0.1) is 5.52 Å². The summed E-state index contributed by atoms with van der Waals surface area (Å²) in [4.78, 5) is 53.5. The van der Waals surface area contributed by atoms with Crippen LogP contribution in [-0.4, -0.2) is 74.0 Å². The van der Waals surface area contributed by atoms with Crippen LogP contribution in [0.4, 0.5) is 4.79 Å². The van der Waals surface area contributed by atoms with E-state index in [2.05, 4.69) is 26.3 Å². The maximum absolute atomic E-state index is 14.0. The van der Waals surface area contributed by atoms with Crippen molar-refractivity contribution in [2.45, 2.75) is 77.2 Å². The van der Waals surface area contributed by atoms with Gasteiger partial charge in [-0.1, -0.05) is 41.6 Å². The van der Waals surface area contributed by atoms with E-state index in [4.69, 9.17) is 4.74 Å². The smallest absolute Gasteiger partial charge is 0.408 e. The van der Waals surface area contributed by atoms with Gasteiger partial charge >= 0.3 is 6.09 Å². The highest BCUT2D eigenvalue weighted by atomic mass is 16.6. The minimum Gasteiger partial charge on any atom is -0.444 e. The van der Waals surface area contributed by atoms with Gasteiger partial charge < -0.3 is 25.6 Å². The molecule has 12 nitrogen and oxygen atoms in total. The van der Waals surface area contributed by atoms with Gasteiger partial charge in [-0.15, -0.1) is 5.10 Å². The molecule has 1 saturated heterocycles. The number of ether oxygens (including phenoxy) is 1. The van der Waals surface area contributed by atoms with Gasteiger partial charge in [-0.3, -0.25) is 14.4 Å². The number of carbonyl (C=O) groups is 4. The lowest BCUT2D eigenvalue weighted by Gasteiger charge is -2.29. The number of aryl methyl sites for hydroxylation is 2. The molecular weight excluding hydrogens is 538 g/mol. The molecule has 1 aliphatic heterocycles. The fraction of sp³-hybridized carbons (Fsp3) is 0.467. The second-order valence-electron chi connectivity index (χ2n) is 11.6. The van der Waals surface area contributed by atoms with Crippen molar-refractivity contribution in [2.24, 2.45) is 7.05 Å². The van der Waals surface area contributed by atoms with Crippen molar-refractivity contribution in [2.75, 3.05) is 6.54 Å². The molecule has 0 spiro atoms. The van der Waals surface area contributed by atoms with E-state index in [0.29, 0.717) is 18.4 Å². The Morgan fingerprint density at radius 3 is 2.50 bits per heavy atom. The molecule has 3 aromatic rings. The molecular formula is C30H39N7O5. The molecule has 2 heterocycles. The molecule has 1 aromatic heterocycles. The molecule has 12 heteroatoms. The lowest BCUT2D eigenvalue weighted by molar-refractivity contribution is -0.140. The molecule has 0 saturated carbocycles. The molecule has 2 unspecified atom stereocenters. The number of amides is 4. The number of rotatable bonds is 9. The number of nitrogens with zero attached hydrogens (tertiary/aromatic N) is 4. The molecule has 3 atom stereocenters. The molecule has 3 N–H and O–H groups in total. The summed E-state index contributed by atoms with van der Waals surface area (Å²) in [5.74, 6) is -1.02. The van der Waals surface area contributed by atoms with E-state index in [1.807, 2.05) is 48.5 Å². The Morgan fingerprint density at radius 1 is 1.07 bits per heavy atom. The molecule has 1 fully saturated rings. The van der Waals surface area contributed by atoms with Crippen molar-refractivity contribution in [3.63, 3.8) is 0 Å². The largest absolute Gasteiger partial charge is 0.444 e. The third-order valence-electron chi connectivity index (χ3n) is 6.99. The van der Waals surface area contributed by atoms with Gasteiger partial charge in [0.15, 0.2) is 0 Å². The zero-order chi connectivity index (χ0) is 30.4. The maximum atomic E-state index is 14.0. The summed E-state index contributed by atoms with van der Waals surface area (Å²) in [6.45, 7) is 6.99. The van der Waals surface area contributed by atoms with Crippen LogP contribution in [0.2, 0.25) is 0 Å². The molecule has 2 aromatic carbocycles. The summed E-state index contributed by atoms with van der Waals surface area (Å²) in [6.07, 6.45) is 0.359. The number of aromatic nitrogens is 3. The predicted molar refractivity (Wildman–Crippen MR) is 156 cm³/mol. The van der Waals surface area contributed by atoms with Gasteiger partial charge in [-0.05, 0) is 63.3 Å². The zero-order valence-electron chi connectivity index (χ0n) is 24.7. The first kappa shape index (κ1) is 30.5. The van der Waals surface area contributed by atoms with Crippen molar-refractivity contribution < 1.29 is 23.9 Å². The van der Waals surface area contributed by atoms with Crippen LogP contribution < -0.4 is 16.0 Å². The van der Waals surface area contributed by atoms with Gasteiger partial charge in [0.1, 0.15) is 23.2 Å². The lowest BCUT2D eigenvalue weighted by atomic mass is 10.0. The van der Waals surface area contributed by atoms with Crippen molar-refractivity contribution in [3.05, 3.63) is 59.7 Å². The van der Waals surface area contributed by atoms with Crippen LogP contribution in [0.1, 0.15) is 51.7 Å². The van der Waals surface area contributed by atoms with E-state index < -0.39 is 35.7 Å². The third-order valence-corrected chi connectivity index (χ3v) is 6.99. The minimum absolute atomic E-state index is 0.139. The predicted octanol–water partition coefficient (Wildman–Crippen LogP) is 2.22. The van der Waals surface area contributed by atoms with E-state index in [0.717, 1.165) is 16.6 Å². The first-order valence-corrected chi connectivity index (χ1v) is 14.1. The Labute approximate surface area is 245 Å². The summed E-state index contributed by atoms with van der Waals surface area (Å²) >= 11 is 0. The number of benzene rings is 2. The lowest BCUT2D eigenvalue weighted by Crippen LogP contribution is -2.54. The minimum atomic E-state index is -0.939. The SMILES string of the molecule is CC(=O)NC1C[C@@H](C(=O)NCc2ccc3c(c2)nnn3C)N(C(=O)C(CCc2ccccc2)NC(=O)OC(C)(C)C)C1. The van der Waals surface area contributed by atoms with Crippen molar-refractivity contribution >= 4 is 34.8 Å². The van der Waals surface area contributed by atoms with Gasteiger partial charge in [0, 0.05) is 33.1 Å². The van der Waals surface area contributed by atoms with Crippen LogP contribution >= 0.6 is 0 Å². The number of hydrogen-bond acceptors (Lipinski definition) is 7. The molecule has 0 bridgehead atoms. The summed E-state index contributed by atoms with van der Waals surface area (Å²) < 4.78 is 7.10. The highest BCUT2D eigenvalue weighted by molar-refractivity contribution is 5.92. The fourth-order valence-corrected chi connectivity index (χ4v) is 5.09. The molecule has 4 rings (SSSR count). The van der Waals surface area contributed by atoms with E-state index >= 15 is 0 Å². The van der Waals surface area contributed by atoms with Crippen LogP contribution in [0.15, 0.2) is 48.5 Å². The molecule has 0 radical (unpaired) electrons. The average Bonchev–Trinajstić information content (AvgIpc) is 3.51. The molecule has 4 amide bonds. The van der Waals surface area contributed by atoms with Crippen LogP contribution in [0.3, 0.4) is 0 Å². The van der Waals surface area contributed by atoms with Gasteiger partial charge in [0.25, 0.3) is 0 Å². The Balaban J connectivity index is 1.51. The van der Waals surface area contributed by atoms with Crippen molar-refractivity contribution in [1.29, 1.82) is 0 Å². The quantitative estimate of drug-likeness (QED) is 0.353. The first-order chi connectivity index (χ1) is 19.9. The second-order valence-corrected chi connectivity index (χ2v) is 11.6. The monoisotopic (exact) mass is 577 g/mol. The topological polar surface area (TPSA) is 148 Å². The highest BCUT2D eigenvalue weighted by Crippen LogP contribution is 2.22. The van der Waals surface area contributed by atoms with Crippen molar-refractivity contribution in [3.8, 4) is 0 Å². The van der Waals surface area contributed by atoms with E-state index in [1.165, 1.54) is 11.8 Å². The van der Waals surface area contributed by atoms with Crippen LogP contribution in [0.5, 0.6) is 0 Å². The average molecular weight is 578 g/mol. The Bertz CT molecular complexity index is 1430. The standard InChI is InChI=1S/C30H39N7O5/c1-19(38)32-22-16-26(27(39)31-17-21-12-14-25-24(15-21)34-35-36(25)5)37(18-22)28(40)23(33-29(41)42-30(2,3)4)13-11-20-9-7-6-8-10-20/h6-10,12,14-15,22-23,26H,11,13,16-18H2,1-5H3,(H,31,39)(H,32,38)(H,33,41)/t22?,23?,26-/m0/s1. The summed E-state index contributed by atoms with van der Waals surface area (Å²) in [6, 6.07) is 13.1. The van der Waals surface area contributed by atoms with E-state index in [1.54, 1.807) is 32.5 Å². The Hall–Kier alpha value is -4.48. The normalized spacial score (nSPS) is 17.5. The number of hydrogen-bond donors (Lipinski definition) is 3. The Kier molecular flexibility index (Phi) is 9.44. The highest BCUT2D eigenvalue weighted by Gasteiger charge is 2.42.